The molecule has 0 saturated carbocycles. The van der Waals surface area contributed by atoms with E-state index in [1.165, 1.54) is 0 Å². The first kappa shape index (κ1) is 20.2. The fraction of sp³-hybridized carbons (Fsp3) is 0.600. The fourth-order valence-corrected chi connectivity index (χ4v) is 2.59. The van der Waals surface area contributed by atoms with Crippen molar-refractivity contribution in [3.63, 3.8) is 0 Å². The van der Waals surface area contributed by atoms with Crippen LogP contribution in [0.15, 0.2) is 30.3 Å². The molecule has 0 N–H and O–H groups in total. The normalized spacial score (nSPS) is 12.8. The number of rotatable bonds is 9. The third-order valence-electron chi connectivity index (χ3n) is 4.33. The van der Waals surface area contributed by atoms with Crippen molar-refractivity contribution in [2.75, 3.05) is 6.61 Å². The Morgan fingerprint density at radius 1 is 1.00 bits per heavy atom. The molecule has 0 saturated heterocycles. The van der Waals surface area contributed by atoms with Crippen LogP contribution in [0.3, 0.4) is 0 Å². The highest BCUT2D eigenvalue weighted by Gasteiger charge is 2.46. The minimum Gasteiger partial charge on any atom is -0.465 e. The minimum absolute atomic E-state index is 0.226. The molecule has 0 amide bonds. The molecule has 1 atom stereocenters. The van der Waals surface area contributed by atoms with Crippen LogP contribution in [-0.4, -0.2) is 18.5 Å². The van der Waals surface area contributed by atoms with Gasteiger partial charge in [-0.25, -0.2) is 0 Å². The van der Waals surface area contributed by atoms with E-state index in [0.29, 0.717) is 25.9 Å². The minimum atomic E-state index is -1.23. The van der Waals surface area contributed by atoms with Crippen molar-refractivity contribution in [2.45, 2.75) is 60.0 Å². The molecule has 0 aliphatic rings. The zero-order valence-electron chi connectivity index (χ0n) is 15.5. The summed E-state index contributed by atoms with van der Waals surface area (Å²) in [5.41, 5.74) is -0.290. The lowest BCUT2D eigenvalue weighted by Gasteiger charge is -2.29. The van der Waals surface area contributed by atoms with E-state index in [-0.39, 0.29) is 12.0 Å². The Morgan fingerprint density at radius 2 is 1.58 bits per heavy atom. The van der Waals surface area contributed by atoms with Gasteiger partial charge in [-0.05, 0) is 30.7 Å². The number of carbonyl (C=O) groups excluding carboxylic acids is 2. The van der Waals surface area contributed by atoms with E-state index in [1.807, 2.05) is 65.0 Å². The highest BCUT2D eigenvalue weighted by molar-refractivity contribution is 6.00. The Bertz CT molecular complexity index is 518. The summed E-state index contributed by atoms with van der Waals surface area (Å²) < 4.78 is 11.1. The molecular weight excluding hydrogens is 304 g/mol. The number of ether oxygens (including phenoxy) is 2. The number of carbonyl (C=O) groups is 2. The van der Waals surface area contributed by atoms with E-state index in [9.17, 15) is 9.59 Å². The van der Waals surface area contributed by atoms with E-state index in [4.69, 9.17) is 9.47 Å². The van der Waals surface area contributed by atoms with E-state index in [1.54, 1.807) is 0 Å². The zero-order valence-corrected chi connectivity index (χ0v) is 15.5. The molecule has 24 heavy (non-hydrogen) atoms. The van der Waals surface area contributed by atoms with Gasteiger partial charge in [0.15, 0.2) is 5.41 Å². The van der Waals surface area contributed by atoms with Gasteiger partial charge in [-0.1, -0.05) is 65.0 Å². The standard InChI is InChI=1S/C20H30O4/c1-6-17(16-12-10-9-11-13-16)24-19(22)20(7-2,8-3)18(21)23-14-15(4)5/h9-13,15,17H,6-8,14H2,1-5H3. The molecule has 1 aromatic rings. The summed E-state index contributed by atoms with van der Waals surface area (Å²) in [6.07, 6.45) is 1.03. The molecule has 0 radical (unpaired) electrons. The van der Waals surface area contributed by atoms with Crippen molar-refractivity contribution < 1.29 is 19.1 Å². The van der Waals surface area contributed by atoms with E-state index in [0.717, 1.165) is 5.56 Å². The lowest BCUT2D eigenvalue weighted by Crippen LogP contribution is -2.42. The third-order valence-corrected chi connectivity index (χ3v) is 4.33. The summed E-state index contributed by atoms with van der Waals surface area (Å²) in [5, 5.41) is 0. The first-order chi connectivity index (χ1) is 11.4. The molecule has 0 aliphatic heterocycles. The van der Waals surface area contributed by atoms with E-state index < -0.39 is 17.4 Å². The van der Waals surface area contributed by atoms with Gasteiger partial charge in [-0.2, -0.15) is 0 Å². The van der Waals surface area contributed by atoms with Crippen LogP contribution in [0, 0.1) is 11.3 Å². The highest BCUT2D eigenvalue weighted by atomic mass is 16.6. The second kappa shape index (κ2) is 9.45. The summed E-state index contributed by atoms with van der Waals surface area (Å²) >= 11 is 0. The summed E-state index contributed by atoms with van der Waals surface area (Å²) in [7, 11) is 0. The predicted molar refractivity (Wildman–Crippen MR) is 94.4 cm³/mol. The molecule has 0 heterocycles. The molecular formula is C20H30O4. The Balaban J connectivity index is 2.94. The Morgan fingerprint density at radius 3 is 2.04 bits per heavy atom. The van der Waals surface area contributed by atoms with Gasteiger partial charge in [-0.3, -0.25) is 9.59 Å². The van der Waals surface area contributed by atoms with Crippen LogP contribution in [0.5, 0.6) is 0 Å². The molecule has 1 rings (SSSR count). The molecule has 0 aliphatic carbocycles. The van der Waals surface area contributed by atoms with Crippen molar-refractivity contribution in [3.8, 4) is 0 Å². The van der Waals surface area contributed by atoms with Crippen LogP contribution in [0.25, 0.3) is 0 Å². The second-order valence-electron chi connectivity index (χ2n) is 6.49. The molecule has 0 spiro atoms. The van der Waals surface area contributed by atoms with Crippen LogP contribution in [0.4, 0.5) is 0 Å². The van der Waals surface area contributed by atoms with Crippen molar-refractivity contribution >= 4 is 11.9 Å². The van der Waals surface area contributed by atoms with Gasteiger partial charge in [0.05, 0.1) is 6.61 Å². The highest BCUT2D eigenvalue weighted by Crippen LogP contribution is 2.33. The van der Waals surface area contributed by atoms with Crippen molar-refractivity contribution in [2.24, 2.45) is 11.3 Å². The quantitative estimate of drug-likeness (QED) is 0.486. The Kier molecular flexibility index (Phi) is 7.96. The molecule has 0 bridgehead atoms. The average Bonchev–Trinajstić information content (AvgIpc) is 2.60. The molecule has 0 fully saturated rings. The van der Waals surface area contributed by atoms with Gasteiger partial charge in [0.1, 0.15) is 6.10 Å². The lowest BCUT2D eigenvalue weighted by atomic mass is 9.82. The summed E-state index contributed by atoms with van der Waals surface area (Å²) in [6.45, 7) is 9.85. The maximum Gasteiger partial charge on any atom is 0.324 e. The second-order valence-corrected chi connectivity index (χ2v) is 6.49. The van der Waals surface area contributed by atoms with Gasteiger partial charge in [-0.15, -0.1) is 0 Å². The first-order valence-electron chi connectivity index (χ1n) is 8.84. The maximum absolute atomic E-state index is 12.8. The fourth-order valence-electron chi connectivity index (χ4n) is 2.59. The number of hydrogen-bond acceptors (Lipinski definition) is 4. The molecule has 4 heteroatoms. The molecule has 134 valence electrons. The predicted octanol–water partition coefficient (Wildman–Crippen LogP) is 4.69. The Hall–Kier alpha value is -1.84. The van der Waals surface area contributed by atoms with Gasteiger partial charge < -0.3 is 9.47 Å². The summed E-state index contributed by atoms with van der Waals surface area (Å²) in [6, 6.07) is 9.60. The van der Waals surface area contributed by atoms with Gasteiger partial charge >= 0.3 is 11.9 Å². The van der Waals surface area contributed by atoms with Crippen LogP contribution in [0.2, 0.25) is 0 Å². The molecule has 4 nitrogen and oxygen atoms in total. The molecule has 1 aromatic carbocycles. The lowest BCUT2D eigenvalue weighted by molar-refractivity contribution is -0.177. The van der Waals surface area contributed by atoms with E-state index in [2.05, 4.69) is 0 Å². The zero-order chi connectivity index (χ0) is 18.2. The Labute approximate surface area is 145 Å². The smallest absolute Gasteiger partial charge is 0.324 e. The summed E-state index contributed by atoms with van der Waals surface area (Å²) in [4.78, 5) is 25.4. The van der Waals surface area contributed by atoms with Gasteiger partial charge in [0, 0.05) is 0 Å². The third kappa shape index (κ3) is 4.83. The topological polar surface area (TPSA) is 52.6 Å². The maximum atomic E-state index is 12.8. The molecule has 0 aromatic heterocycles. The van der Waals surface area contributed by atoms with Crippen molar-refractivity contribution in [1.82, 2.24) is 0 Å². The molecule has 1 unspecified atom stereocenters. The number of esters is 2. The largest absolute Gasteiger partial charge is 0.465 e. The van der Waals surface area contributed by atoms with Crippen LogP contribution < -0.4 is 0 Å². The number of benzene rings is 1. The van der Waals surface area contributed by atoms with Gasteiger partial charge in [0.25, 0.3) is 0 Å². The van der Waals surface area contributed by atoms with Gasteiger partial charge in [0.2, 0.25) is 0 Å². The first-order valence-corrected chi connectivity index (χ1v) is 8.84. The van der Waals surface area contributed by atoms with Crippen molar-refractivity contribution in [3.05, 3.63) is 35.9 Å². The SMILES string of the molecule is CCC(OC(=O)C(CC)(CC)C(=O)OCC(C)C)c1ccccc1. The van der Waals surface area contributed by atoms with Crippen LogP contribution in [0.1, 0.15) is 65.5 Å². The average molecular weight is 334 g/mol. The monoisotopic (exact) mass is 334 g/mol. The van der Waals surface area contributed by atoms with Crippen LogP contribution in [-0.2, 0) is 19.1 Å². The van der Waals surface area contributed by atoms with E-state index >= 15 is 0 Å². The van der Waals surface area contributed by atoms with Crippen LogP contribution >= 0.6 is 0 Å². The summed E-state index contributed by atoms with van der Waals surface area (Å²) in [5.74, 6) is -0.741. The van der Waals surface area contributed by atoms with Crippen molar-refractivity contribution in [1.29, 1.82) is 0 Å². The number of hydrogen-bond donors (Lipinski definition) is 0.